The molecule has 0 atom stereocenters. The number of rotatable bonds is 7. The zero-order chi connectivity index (χ0) is 22.7. The summed E-state index contributed by atoms with van der Waals surface area (Å²) in [7, 11) is 1.60. The molecule has 1 N–H and O–H groups in total. The molecule has 164 valence electrons. The maximum Gasteiger partial charge on any atom is 0.283 e. The summed E-state index contributed by atoms with van der Waals surface area (Å²) in [6, 6.07) is 15.2. The highest BCUT2D eigenvalue weighted by Crippen LogP contribution is 2.18. The Kier molecular flexibility index (Phi) is 5.98. The average Bonchev–Trinajstić information content (AvgIpc) is 3.19. The predicted octanol–water partition coefficient (Wildman–Crippen LogP) is 2.81. The molecular formula is C23H24N6O3. The highest BCUT2D eigenvalue weighted by atomic mass is 16.5. The number of hydrogen-bond donors (Lipinski definition) is 1. The summed E-state index contributed by atoms with van der Waals surface area (Å²) in [4.78, 5) is 29.7. The summed E-state index contributed by atoms with van der Waals surface area (Å²) >= 11 is 0. The fourth-order valence-electron chi connectivity index (χ4n) is 3.38. The molecule has 9 heteroatoms. The molecule has 2 aromatic carbocycles. The van der Waals surface area contributed by atoms with Crippen LogP contribution in [0.3, 0.4) is 0 Å². The fourth-order valence-corrected chi connectivity index (χ4v) is 3.38. The van der Waals surface area contributed by atoms with Crippen molar-refractivity contribution in [3.63, 3.8) is 0 Å². The van der Waals surface area contributed by atoms with E-state index in [1.165, 1.54) is 10.9 Å². The third-order valence-electron chi connectivity index (χ3n) is 5.11. The van der Waals surface area contributed by atoms with Crippen LogP contribution < -0.4 is 15.6 Å². The Bertz CT molecular complexity index is 1320. The Morgan fingerprint density at radius 2 is 1.97 bits per heavy atom. The lowest BCUT2D eigenvalue weighted by molar-refractivity contribution is -0.116. The largest absolute Gasteiger partial charge is 0.497 e. The van der Waals surface area contributed by atoms with Crippen molar-refractivity contribution in [3.05, 3.63) is 76.3 Å². The lowest BCUT2D eigenvalue weighted by Gasteiger charge is -2.10. The van der Waals surface area contributed by atoms with Crippen LogP contribution in [-0.2, 0) is 17.9 Å². The van der Waals surface area contributed by atoms with Gasteiger partial charge in [0.15, 0.2) is 11.2 Å². The van der Waals surface area contributed by atoms with Crippen molar-refractivity contribution >= 4 is 22.8 Å². The summed E-state index contributed by atoms with van der Waals surface area (Å²) in [5, 5.41) is 10.9. The Hall–Kier alpha value is -4.01. The number of aromatic nitrogens is 5. The van der Waals surface area contributed by atoms with Gasteiger partial charge in [0, 0.05) is 5.69 Å². The second kappa shape index (κ2) is 9.01. The third kappa shape index (κ3) is 4.51. The van der Waals surface area contributed by atoms with Crippen LogP contribution in [0.5, 0.6) is 5.75 Å². The number of ether oxygens (including phenoxy) is 1. The van der Waals surface area contributed by atoms with E-state index in [0.29, 0.717) is 23.8 Å². The molecule has 4 rings (SSSR count). The van der Waals surface area contributed by atoms with Gasteiger partial charge in [0.2, 0.25) is 5.91 Å². The van der Waals surface area contributed by atoms with E-state index in [0.717, 1.165) is 16.9 Å². The maximum absolute atomic E-state index is 12.8. The van der Waals surface area contributed by atoms with Gasteiger partial charge in [0.1, 0.15) is 18.6 Å². The Balaban J connectivity index is 1.52. The number of carbonyl (C=O) groups excluding carboxylic acids is 1. The van der Waals surface area contributed by atoms with Crippen molar-refractivity contribution in [3.8, 4) is 5.75 Å². The molecule has 32 heavy (non-hydrogen) atoms. The molecule has 0 aliphatic rings. The minimum Gasteiger partial charge on any atom is -0.497 e. The highest BCUT2D eigenvalue weighted by molar-refractivity contribution is 5.90. The molecule has 2 aromatic heterocycles. The quantitative estimate of drug-likeness (QED) is 0.482. The van der Waals surface area contributed by atoms with E-state index in [1.807, 2.05) is 48.5 Å². The van der Waals surface area contributed by atoms with Gasteiger partial charge in [-0.15, -0.1) is 5.10 Å². The Labute approximate surface area is 184 Å². The molecule has 0 radical (unpaired) electrons. The first-order valence-corrected chi connectivity index (χ1v) is 10.3. The molecule has 0 bridgehead atoms. The van der Waals surface area contributed by atoms with Crippen LogP contribution in [0.15, 0.2) is 59.7 Å². The van der Waals surface area contributed by atoms with Gasteiger partial charge in [-0.2, -0.15) is 0 Å². The second-order valence-electron chi connectivity index (χ2n) is 7.78. The van der Waals surface area contributed by atoms with E-state index >= 15 is 0 Å². The molecule has 0 spiro atoms. The molecule has 2 heterocycles. The van der Waals surface area contributed by atoms with Crippen LogP contribution in [0.4, 0.5) is 5.69 Å². The van der Waals surface area contributed by atoms with E-state index in [-0.39, 0.29) is 18.0 Å². The minimum absolute atomic E-state index is 0.116. The van der Waals surface area contributed by atoms with E-state index in [1.54, 1.807) is 11.8 Å². The van der Waals surface area contributed by atoms with Crippen LogP contribution in [-0.4, -0.2) is 37.6 Å². The number of benzene rings is 2. The molecule has 0 saturated carbocycles. The zero-order valence-corrected chi connectivity index (χ0v) is 18.1. The monoisotopic (exact) mass is 432 g/mol. The topological polar surface area (TPSA) is 104 Å². The molecule has 4 aromatic rings. The summed E-state index contributed by atoms with van der Waals surface area (Å²) in [5.74, 6) is 0.755. The van der Waals surface area contributed by atoms with Crippen LogP contribution in [0.2, 0.25) is 0 Å². The standard InChI is InChI=1S/C23H24N6O3/c1-15(2)17-7-5-8-18(11-17)25-20(30)13-28-14-24-22-21(23(28)31)26-27-29(22)12-16-6-4-9-19(10-16)32-3/h4-11,14-15H,12-13H2,1-3H3,(H,25,30). The maximum atomic E-state index is 12.8. The number of hydrogen-bond acceptors (Lipinski definition) is 6. The van der Waals surface area contributed by atoms with Crippen molar-refractivity contribution in [2.24, 2.45) is 0 Å². The molecule has 0 aliphatic heterocycles. The molecule has 1 amide bonds. The van der Waals surface area contributed by atoms with Crippen LogP contribution in [0.1, 0.15) is 30.9 Å². The van der Waals surface area contributed by atoms with Gasteiger partial charge in [-0.25, -0.2) is 9.67 Å². The number of anilines is 1. The van der Waals surface area contributed by atoms with Crippen molar-refractivity contribution in [1.82, 2.24) is 24.5 Å². The first-order chi connectivity index (χ1) is 15.4. The van der Waals surface area contributed by atoms with Crippen LogP contribution in [0, 0.1) is 0 Å². The molecule has 9 nitrogen and oxygen atoms in total. The van der Waals surface area contributed by atoms with Crippen molar-refractivity contribution in [2.45, 2.75) is 32.9 Å². The van der Waals surface area contributed by atoms with E-state index in [9.17, 15) is 9.59 Å². The summed E-state index contributed by atoms with van der Waals surface area (Å²) < 4.78 is 8.02. The molecule has 0 aliphatic carbocycles. The number of amides is 1. The molecule has 0 fully saturated rings. The van der Waals surface area contributed by atoms with Gasteiger partial charge < -0.3 is 10.1 Å². The number of methoxy groups -OCH3 is 1. The van der Waals surface area contributed by atoms with E-state index < -0.39 is 5.56 Å². The summed E-state index contributed by atoms with van der Waals surface area (Å²) in [6.07, 6.45) is 1.35. The first kappa shape index (κ1) is 21.2. The fraction of sp³-hybridized carbons (Fsp3) is 0.261. The Morgan fingerprint density at radius 3 is 2.75 bits per heavy atom. The first-order valence-electron chi connectivity index (χ1n) is 10.3. The SMILES string of the molecule is COc1cccc(Cn2nnc3c(=O)n(CC(=O)Nc4cccc(C(C)C)c4)cnc32)c1. The van der Waals surface area contributed by atoms with Crippen LogP contribution in [0.25, 0.3) is 11.2 Å². The van der Waals surface area contributed by atoms with Crippen molar-refractivity contribution in [1.29, 1.82) is 0 Å². The summed E-state index contributed by atoms with van der Waals surface area (Å²) in [5.41, 5.74) is 2.80. The van der Waals surface area contributed by atoms with Crippen LogP contribution >= 0.6 is 0 Å². The smallest absolute Gasteiger partial charge is 0.283 e. The normalized spacial score (nSPS) is 11.1. The predicted molar refractivity (Wildman–Crippen MR) is 121 cm³/mol. The highest BCUT2D eigenvalue weighted by Gasteiger charge is 2.14. The third-order valence-corrected chi connectivity index (χ3v) is 5.11. The van der Waals surface area contributed by atoms with Gasteiger partial charge in [0.05, 0.1) is 13.7 Å². The number of nitrogens with one attached hydrogen (secondary N) is 1. The van der Waals surface area contributed by atoms with Gasteiger partial charge >= 0.3 is 0 Å². The minimum atomic E-state index is -0.419. The molecule has 0 unspecified atom stereocenters. The number of carbonyl (C=O) groups is 1. The van der Waals surface area contributed by atoms with Crippen molar-refractivity contribution < 1.29 is 9.53 Å². The van der Waals surface area contributed by atoms with Gasteiger partial charge in [-0.1, -0.05) is 43.3 Å². The lowest BCUT2D eigenvalue weighted by Crippen LogP contribution is -2.28. The summed E-state index contributed by atoms with van der Waals surface area (Å²) in [6.45, 7) is 4.39. The van der Waals surface area contributed by atoms with Crippen molar-refractivity contribution in [2.75, 3.05) is 12.4 Å². The number of fused-ring (bicyclic) bond motifs is 1. The van der Waals surface area contributed by atoms with Gasteiger partial charge in [-0.05, 0) is 41.3 Å². The van der Waals surface area contributed by atoms with Gasteiger partial charge in [0.25, 0.3) is 5.56 Å². The zero-order valence-electron chi connectivity index (χ0n) is 18.1. The number of nitrogens with zero attached hydrogens (tertiary/aromatic N) is 5. The lowest BCUT2D eigenvalue weighted by atomic mass is 10.0. The molecule has 0 saturated heterocycles. The van der Waals surface area contributed by atoms with Gasteiger partial charge in [-0.3, -0.25) is 14.2 Å². The second-order valence-corrected chi connectivity index (χ2v) is 7.78. The Morgan fingerprint density at radius 1 is 1.16 bits per heavy atom. The van der Waals surface area contributed by atoms with E-state index in [4.69, 9.17) is 4.74 Å². The molecular weight excluding hydrogens is 408 g/mol. The average molecular weight is 432 g/mol. The van der Waals surface area contributed by atoms with E-state index in [2.05, 4.69) is 34.5 Å².